The molecule has 64 valence electrons. The molecule has 0 fully saturated rings. The number of rotatable bonds is 3. The van der Waals surface area contributed by atoms with Gasteiger partial charge in [-0.3, -0.25) is 0 Å². The molecule has 1 nitrogen and oxygen atoms in total. The highest BCUT2D eigenvalue weighted by molar-refractivity contribution is 6.29. The number of ether oxygens (including phenoxy) is 1. The van der Waals surface area contributed by atoms with Crippen LogP contribution in [0, 0.1) is 0 Å². The van der Waals surface area contributed by atoms with E-state index in [2.05, 4.69) is 0 Å². The maximum atomic E-state index is 5.77. The van der Waals surface area contributed by atoms with Gasteiger partial charge in [-0.1, -0.05) is 17.7 Å². The van der Waals surface area contributed by atoms with Gasteiger partial charge in [0, 0.05) is 0 Å². The van der Waals surface area contributed by atoms with Gasteiger partial charge in [0.25, 0.3) is 0 Å². The Morgan fingerprint density at radius 1 is 1.45 bits per heavy atom. The zero-order valence-electron chi connectivity index (χ0n) is 7.52. The summed E-state index contributed by atoms with van der Waals surface area (Å²) in [5.74, 6) is 0.754. The van der Waals surface area contributed by atoms with Gasteiger partial charge in [-0.25, -0.2) is 0 Å². The predicted octanol–water partition coefficient (Wildman–Crippen LogP) is 3.46. The lowest BCUT2D eigenvalue weighted by Gasteiger charge is -2.10. The Balaban J connectivity index is 4.25. The van der Waals surface area contributed by atoms with Crippen molar-refractivity contribution in [3.8, 4) is 0 Å². The van der Waals surface area contributed by atoms with Crippen LogP contribution >= 0.6 is 11.6 Å². The quantitative estimate of drug-likeness (QED) is 0.471. The Bertz CT molecular complexity index is 164. The topological polar surface area (TPSA) is 9.23 Å². The van der Waals surface area contributed by atoms with Crippen LogP contribution in [-0.2, 0) is 4.74 Å². The minimum absolute atomic E-state index is 0.176. The van der Waals surface area contributed by atoms with Gasteiger partial charge < -0.3 is 4.74 Å². The molecule has 0 aromatic carbocycles. The van der Waals surface area contributed by atoms with Crippen molar-refractivity contribution in [2.45, 2.75) is 33.8 Å². The Kier molecular flexibility index (Phi) is 5.05. The van der Waals surface area contributed by atoms with Crippen molar-refractivity contribution in [2.24, 2.45) is 0 Å². The van der Waals surface area contributed by atoms with Crippen LogP contribution < -0.4 is 0 Å². The first-order chi connectivity index (χ1) is 5.07. The predicted molar refractivity (Wildman–Crippen MR) is 49.6 cm³/mol. The van der Waals surface area contributed by atoms with Crippen molar-refractivity contribution in [1.29, 1.82) is 0 Å². The van der Waals surface area contributed by atoms with Crippen molar-refractivity contribution in [3.63, 3.8) is 0 Å². The molecule has 0 saturated carbocycles. The van der Waals surface area contributed by atoms with Gasteiger partial charge in [-0.2, -0.15) is 0 Å². The number of hydrogen-bond acceptors (Lipinski definition) is 1. The first-order valence-electron chi connectivity index (χ1n) is 3.73. The summed E-state index contributed by atoms with van der Waals surface area (Å²) in [7, 11) is 0. The molecule has 0 atom stereocenters. The molecule has 0 saturated heterocycles. The second-order valence-electron chi connectivity index (χ2n) is 2.56. The summed E-state index contributed by atoms with van der Waals surface area (Å²) in [6.07, 6.45) is 3.95. The van der Waals surface area contributed by atoms with Gasteiger partial charge >= 0.3 is 0 Å². The van der Waals surface area contributed by atoms with Crippen molar-refractivity contribution in [1.82, 2.24) is 0 Å². The molecule has 0 bridgehead atoms. The highest BCUT2D eigenvalue weighted by atomic mass is 35.5. The van der Waals surface area contributed by atoms with Crippen molar-refractivity contribution >= 4 is 11.6 Å². The summed E-state index contributed by atoms with van der Waals surface area (Å²) < 4.78 is 5.41. The van der Waals surface area contributed by atoms with E-state index < -0.39 is 0 Å². The van der Waals surface area contributed by atoms with Crippen LogP contribution in [0.3, 0.4) is 0 Å². The van der Waals surface area contributed by atoms with Gasteiger partial charge in [-0.15, -0.1) is 0 Å². The van der Waals surface area contributed by atoms with Gasteiger partial charge in [-0.05, 0) is 33.8 Å². The molecule has 0 aliphatic heterocycles. The summed E-state index contributed by atoms with van der Waals surface area (Å²) in [5, 5.41) is 0.691. The summed E-state index contributed by atoms with van der Waals surface area (Å²) in [4.78, 5) is 0. The molecule has 0 amide bonds. The average molecular weight is 175 g/mol. The summed E-state index contributed by atoms with van der Waals surface area (Å²) in [6, 6.07) is 0. The molecule has 0 aromatic rings. The molecule has 0 aromatic heterocycles. The molecule has 0 rings (SSSR count). The first-order valence-corrected chi connectivity index (χ1v) is 4.11. The summed E-state index contributed by atoms with van der Waals surface area (Å²) in [5.41, 5.74) is 0. The fourth-order valence-corrected chi connectivity index (χ4v) is 0.748. The van der Waals surface area contributed by atoms with E-state index in [4.69, 9.17) is 16.3 Å². The molecule has 2 heteroatoms. The molecular weight excluding hydrogens is 160 g/mol. The van der Waals surface area contributed by atoms with Gasteiger partial charge in [0.15, 0.2) is 0 Å². The zero-order valence-corrected chi connectivity index (χ0v) is 8.27. The van der Waals surface area contributed by atoms with Crippen LogP contribution in [0.5, 0.6) is 0 Å². The molecule has 0 aliphatic carbocycles. The SMILES string of the molecule is CC=CC(OC(C)C)=C(C)Cl. The Morgan fingerprint density at radius 3 is 2.27 bits per heavy atom. The molecule has 0 unspecified atom stereocenters. The van der Waals surface area contributed by atoms with Gasteiger partial charge in [0.2, 0.25) is 0 Å². The Morgan fingerprint density at radius 2 is 2.00 bits per heavy atom. The molecule has 0 radical (unpaired) electrons. The van der Waals surface area contributed by atoms with Crippen molar-refractivity contribution < 1.29 is 4.74 Å². The molecular formula is C9H15ClO. The second kappa shape index (κ2) is 5.25. The first kappa shape index (κ1) is 10.6. The molecule has 0 heterocycles. The smallest absolute Gasteiger partial charge is 0.133 e. The lowest BCUT2D eigenvalue weighted by molar-refractivity contribution is 0.156. The van der Waals surface area contributed by atoms with Crippen LogP contribution in [0.2, 0.25) is 0 Å². The van der Waals surface area contributed by atoms with Gasteiger partial charge in [0.1, 0.15) is 5.76 Å². The van der Waals surface area contributed by atoms with Crippen LogP contribution in [-0.4, -0.2) is 6.10 Å². The minimum atomic E-state index is 0.176. The largest absolute Gasteiger partial charge is 0.490 e. The fourth-order valence-electron chi connectivity index (χ4n) is 0.641. The fraction of sp³-hybridized carbons (Fsp3) is 0.556. The van der Waals surface area contributed by atoms with Crippen LogP contribution in [0.1, 0.15) is 27.7 Å². The second-order valence-corrected chi connectivity index (χ2v) is 3.13. The molecule has 0 spiro atoms. The van der Waals surface area contributed by atoms with E-state index in [0.717, 1.165) is 5.76 Å². The van der Waals surface area contributed by atoms with Crippen LogP contribution in [0.4, 0.5) is 0 Å². The molecule has 11 heavy (non-hydrogen) atoms. The van der Waals surface area contributed by atoms with E-state index in [1.54, 1.807) is 0 Å². The van der Waals surface area contributed by atoms with E-state index >= 15 is 0 Å². The van der Waals surface area contributed by atoms with E-state index in [9.17, 15) is 0 Å². The standard InChI is InChI=1S/C9H15ClO/c1-5-6-9(8(4)10)11-7(2)3/h5-7H,1-4H3. The minimum Gasteiger partial charge on any atom is -0.490 e. The number of hydrogen-bond donors (Lipinski definition) is 0. The van der Waals surface area contributed by atoms with E-state index in [1.165, 1.54) is 0 Å². The molecule has 0 N–H and O–H groups in total. The van der Waals surface area contributed by atoms with Crippen LogP contribution in [0.15, 0.2) is 22.9 Å². The van der Waals surface area contributed by atoms with Crippen molar-refractivity contribution in [3.05, 3.63) is 22.9 Å². The Hall–Kier alpha value is -0.430. The summed E-state index contributed by atoms with van der Waals surface area (Å²) in [6.45, 7) is 7.70. The molecule has 0 aliphatic rings. The summed E-state index contributed by atoms with van der Waals surface area (Å²) >= 11 is 5.77. The van der Waals surface area contributed by atoms with Crippen LogP contribution in [0.25, 0.3) is 0 Å². The third kappa shape index (κ3) is 4.91. The maximum Gasteiger partial charge on any atom is 0.133 e. The zero-order chi connectivity index (χ0) is 8.85. The van der Waals surface area contributed by atoms with Gasteiger partial charge in [0.05, 0.1) is 11.1 Å². The third-order valence-corrected chi connectivity index (χ3v) is 1.21. The lowest BCUT2D eigenvalue weighted by Crippen LogP contribution is -2.01. The third-order valence-electron chi connectivity index (χ3n) is 1.02. The van der Waals surface area contributed by atoms with E-state index in [0.29, 0.717) is 5.03 Å². The normalized spacial score (nSPS) is 14.0. The van der Waals surface area contributed by atoms with Crippen molar-refractivity contribution in [2.75, 3.05) is 0 Å². The average Bonchev–Trinajstić information content (AvgIpc) is 1.86. The monoisotopic (exact) mass is 174 g/mol. The van der Waals surface area contributed by atoms with E-state index in [-0.39, 0.29) is 6.10 Å². The number of halogens is 1. The lowest BCUT2D eigenvalue weighted by atomic mass is 10.4. The maximum absolute atomic E-state index is 5.77. The highest BCUT2D eigenvalue weighted by Crippen LogP contribution is 2.13. The number of allylic oxidation sites excluding steroid dienone is 3. The highest BCUT2D eigenvalue weighted by Gasteiger charge is 1.99. The Labute approximate surface area is 73.7 Å². The van der Waals surface area contributed by atoms with E-state index in [1.807, 2.05) is 39.8 Å².